The molecule has 1 N–H and O–H groups in total. The van der Waals surface area contributed by atoms with Crippen molar-refractivity contribution in [3.63, 3.8) is 0 Å². The quantitative estimate of drug-likeness (QED) is 0.371. The lowest BCUT2D eigenvalue weighted by molar-refractivity contribution is 0.0660. The second kappa shape index (κ2) is 8.29. The number of benzene rings is 2. The molecular weight excluding hydrogens is 442 g/mol. The molecule has 0 bridgehead atoms. The van der Waals surface area contributed by atoms with Crippen LogP contribution in [0.2, 0.25) is 0 Å². The summed E-state index contributed by atoms with van der Waals surface area (Å²) >= 11 is 0. The van der Waals surface area contributed by atoms with E-state index in [0.29, 0.717) is 23.5 Å². The molecule has 0 radical (unpaired) electrons. The summed E-state index contributed by atoms with van der Waals surface area (Å²) in [6.45, 7) is 2.02. The SMILES string of the molecule is Cc1ccc2[nH]c(=O)c(C3=NN(C(=O)c4ccco4)C(c4ccco4)C3)c(-c3ccccc3)c2c1. The second-order valence-corrected chi connectivity index (χ2v) is 8.53. The van der Waals surface area contributed by atoms with Crippen molar-refractivity contribution < 1.29 is 13.6 Å². The summed E-state index contributed by atoms with van der Waals surface area (Å²) in [5, 5.41) is 6.95. The first kappa shape index (κ1) is 20.9. The molecular formula is C28H21N3O4. The zero-order valence-corrected chi connectivity index (χ0v) is 18.9. The fourth-order valence-corrected chi connectivity index (χ4v) is 4.65. The molecule has 1 amide bonds. The van der Waals surface area contributed by atoms with Crippen molar-refractivity contribution in [1.82, 2.24) is 9.99 Å². The van der Waals surface area contributed by atoms with Crippen molar-refractivity contribution in [3.05, 3.63) is 118 Å². The molecule has 1 aliphatic rings. The molecule has 172 valence electrons. The first-order valence-electron chi connectivity index (χ1n) is 11.3. The minimum atomic E-state index is -0.506. The fraction of sp³-hybridized carbons (Fsp3) is 0.107. The van der Waals surface area contributed by atoms with Gasteiger partial charge in [-0.3, -0.25) is 9.59 Å². The number of nitrogens with zero attached hydrogens (tertiary/aromatic N) is 2. The summed E-state index contributed by atoms with van der Waals surface area (Å²) in [5.74, 6) is 0.344. The normalized spacial score (nSPS) is 15.5. The Bertz CT molecular complexity index is 1610. The highest BCUT2D eigenvalue weighted by molar-refractivity contribution is 6.13. The number of hydrogen-bond donors (Lipinski definition) is 1. The fourth-order valence-electron chi connectivity index (χ4n) is 4.65. The van der Waals surface area contributed by atoms with Gasteiger partial charge < -0.3 is 13.8 Å². The maximum absolute atomic E-state index is 13.5. The van der Waals surface area contributed by atoms with Crippen LogP contribution in [0.3, 0.4) is 0 Å². The van der Waals surface area contributed by atoms with Crippen LogP contribution in [-0.2, 0) is 0 Å². The molecule has 0 spiro atoms. The topological polar surface area (TPSA) is 91.8 Å². The Morgan fingerprint density at radius 3 is 2.51 bits per heavy atom. The minimum Gasteiger partial charge on any atom is -0.467 e. The third-order valence-electron chi connectivity index (χ3n) is 6.24. The van der Waals surface area contributed by atoms with Gasteiger partial charge in [0.2, 0.25) is 0 Å². The number of H-pyrrole nitrogens is 1. The van der Waals surface area contributed by atoms with Crippen LogP contribution >= 0.6 is 0 Å². The highest BCUT2D eigenvalue weighted by Gasteiger charge is 2.38. The second-order valence-electron chi connectivity index (χ2n) is 8.53. The number of nitrogens with one attached hydrogen (secondary N) is 1. The van der Waals surface area contributed by atoms with Gasteiger partial charge >= 0.3 is 5.91 Å². The summed E-state index contributed by atoms with van der Waals surface area (Å²) in [7, 11) is 0. The number of amides is 1. The highest BCUT2D eigenvalue weighted by Crippen LogP contribution is 2.37. The van der Waals surface area contributed by atoms with Crippen LogP contribution in [0.15, 0.2) is 104 Å². The lowest BCUT2D eigenvalue weighted by Crippen LogP contribution is -2.26. The molecule has 6 rings (SSSR count). The highest BCUT2D eigenvalue weighted by atomic mass is 16.3. The summed E-state index contributed by atoms with van der Waals surface area (Å²) in [6.07, 6.45) is 3.32. The average Bonchev–Trinajstić information content (AvgIpc) is 3.65. The van der Waals surface area contributed by atoms with E-state index in [1.54, 1.807) is 30.5 Å². The van der Waals surface area contributed by atoms with Gasteiger partial charge in [-0.1, -0.05) is 42.0 Å². The number of hydrogen-bond acceptors (Lipinski definition) is 5. The molecule has 4 heterocycles. The standard InChI is InChI=1S/C28H21N3O4/c1-17-11-12-20-19(15-17)25(18-7-3-2-4-8-18)26(27(32)29-20)21-16-22(23-9-5-13-34-23)31(30-21)28(33)24-10-6-14-35-24/h2-15,22H,16H2,1H3,(H,29,32). The molecule has 1 unspecified atom stereocenters. The Labute approximate surface area is 200 Å². The van der Waals surface area contributed by atoms with Crippen molar-refractivity contribution in [2.45, 2.75) is 19.4 Å². The van der Waals surface area contributed by atoms with Gasteiger partial charge in [-0.15, -0.1) is 0 Å². The Morgan fingerprint density at radius 2 is 1.77 bits per heavy atom. The van der Waals surface area contributed by atoms with Crippen molar-refractivity contribution in [2.75, 3.05) is 0 Å². The van der Waals surface area contributed by atoms with Gasteiger partial charge in [-0.2, -0.15) is 5.10 Å². The van der Waals surface area contributed by atoms with E-state index in [2.05, 4.69) is 16.2 Å². The van der Waals surface area contributed by atoms with E-state index in [-0.39, 0.29) is 11.3 Å². The molecule has 0 aliphatic carbocycles. The smallest absolute Gasteiger partial charge is 0.310 e. The van der Waals surface area contributed by atoms with Crippen LogP contribution in [0, 0.1) is 6.92 Å². The maximum Gasteiger partial charge on any atom is 0.310 e. The van der Waals surface area contributed by atoms with E-state index in [4.69, 9.17) is 8.83 Å². The van der Waals surface area contributed by atoms with Crippen LogP contribution in [0.25, 0.3) is 22.0 Å². The van der Waals surface area contributed by atoms with E-state index in [9.17, 15) is 9.59 Å². The number of hydrazone groups is 1. The lowest BCUT2D eigenvalue weighted by Gasteiger charge is -2.18. The molecule has 0 fully saturated rings. The Hall–Kier alpha value is -4.65. The largest absolute Gasteiger partial charge is 0.467 e. The van der Waals surface area contributed by atoms with Crippen molar-refractivity contribution in [2.24, 2.45) is 5.10 Å². The number of carbonyl (C=O) groups excluding carboxylic acids is 1. The van der Waals surface area contributed by atoms with E-state index in [1.807, 2.05) is 49.4 Å². The lowest BCUT2D eigenvalue weighted by atomic mass is 9.91. The van der Waals surface area contributed by atoms with Gasteiger partial charge in [0.05, 0.1) is 23.8 Å². The third kappa shape index (κ3) is 3.58. The molecule has 3 aromatic heterocycles. The molecule has 5 aromatic rings. The van der Waals surface area contributed by atoms with Gasteiger partial charge in [0.15, 0.2) is 5.76 Å². The number of aromatic amines is 1. The number of pyridine rings is 1. The summed E-state index contributed by atoms with van der Waals surface area (Å²) in [5.41, 5.74) is 4.20. The molecule has 7 heteroatoms. The zero-order chi connectivity index (χ0) is 23.9. The number of aryl methyl sites for hydroxylation is 1. The molecule has 0 saturated carbocycles. The Balaban J connectivity index is 1.58. The van der Waals surface area contributed by atoms with E-state index in [0.717, 1.165) is 27.6 Å². The van der Waals surface area contributed by atoms with Crippen LogP contribution in [0.1, 0.15) is 39.9 Å². The number of furan rings is 2. The average molecular weight is 463 g/mol. The summed E-state index contributed by atoms with van der Waals surface area (Å²) in [4.78, 5) is 29.8. The molecule has 0 saturated heterocycles. The predicted octanol–water partition coefficient (Wildman–Crippen LogP) is 5.68. The van der Waals surface area contributed by atoms with Gasteiger partial charge in [0.1, 0.15) is 11.8 Å². The molecule has 2 aromatic carbocycles. The van der Waals surface area contributed by atoms with Crippen molar-refractivity contribution >= 4 is 22.5 Å². The molecule has 1 aliphatic heterocycles. The van der Waals surface area contributed by atoms with Crippen LogP contribution in [0.4, 0.5) is 0 Å². The van der Waals surface area contributed by atoms with Gasteiger partial charge in [-0.25, -0.2) is 5.01 Å². The first-order chi connectivity index (χ1) is 17.1. The Morgan fingerprint density at radius 1 is 0.971 bits per heavy atom. The Kier molecular flexibility index (Phi) is 4.95. The van der Waals surface area contributed by atoms with Gasteiger partial charge in [0, 0.05) is 22.9 Å². The number of rotatable bonds is 4. The predicted molar refractivity (Wildman–Crippen MR) is 132 cm³/mol. The number of aromatic nitrogens is 1. The molecule has 1 atom stereocenters. The summed E-state index contributed by atoms with van der Waals surface area (Å²) in [6, 6.07) is 22.0. The number of carbonyl (C=O) groups is 1. The molecule has 7 nitrogen and oxygen atoms in total. The minimum absolute atomic E-state index is 0.165. The van der Waals surface area contributed by atoms with Crippen LogP contribution in [-0.4, -0.2) is 21.6 Å². The first-order valence-corrected chi connectivity index (χ1v) is 11.3. The van der Waals surface area contributed by atoms with Crippen LogP contribution in [0.5, 0.6) is 0 Å². The monoisotopic (exact) mass is 463 g/mol. The zero-order valence-electron chi connectivity index (χ0n) is 18.9. The van der Waals surface area contributed by atoms with Crippen molar-refractivity contribution in [1.29, 1.82) is 0 Å². The van der Waals surface area contributed by atoms with Crippen molar-refractivity contribution in [3.8, 4) is 11.1 Å². The van der Waals surface area contributed by atoms with Gasteiger partial charge in [-0.05, 0) is 48.9 Å². The van der Waals surface area contributed by atoms with Crippen LogP contribution < -0.4 is 5.56 Å². The van der Waals surface area contributed by atoms with E-state index < -0.39 is 11.9 Å². The van der Waals surface area contributed by atoms with E-state index >= 15 is 0 Å². The summed E-state index contributed by atoms with van der Waals surface area (Å²) < 4.78 is 11.0. The van der Waals surface area contributed by atoms with Gasteiger partial charge in [0.25, 0.3) is 5.56 Å². The third-order valence-corrected chi connectivity index (χ3v) is 6.24. The van der Waals surface area contributed by atoms with E-state index in [1.165, 1.54) is 11.3 Å². The number of fused-ring (bicyclic) bond motifs is 1. The molecule has 35 heavy (non-hydrogen) atoms. The maximum atomic E-state index is 13.5.